The number of fused-ring (bicyclic) bond motifs is 1. The SMILES string of the molecule is COc1cccc(CNC(=O)c2cc3c(s2)CCN(C(=O)c2ccccc2)C3)c1OC. The fourth-order valence-electron chi connectivity index (χ4n) is 3.74. The second-order valence-electron chi connectivity index (χ2n) is 7.24. The smallest absolute Gasteiger partial charge is 0.261 e. The Bertz CT molecular complexity index is 1090. The van der Waals surface area contributed by atoms with Crippen molar-refractivity contribution in [2.75, 3.05) is 20.8 Å². The first kappa shape index (κ1) is 20.9. The molecule has 31 heavy (non-hydrogen) atoms. The van der Waals surface area contributed by atoms with Crippen LogP contribution in [0, 0.1) is 0 Å². The number of rotatable bonds is 6. The lowest BCUT2D eigenvalue weighted by Gasteiger charge is -2.27. The molecule has 2 aromatic carbocycles. The quantitative estimate of drug-likeness (QED) is 0.637. The first-order valence-electron chi connectivity index (χ1n) is 10.0. The summed E-state index contributed by atoms with van der Waals surface area (Å²) in [5, 5.41) is 2.97. The van der Waals surface area contributed by atoms with E-state index in [1.807, 2.05) is 59.5 Å². The first-order valence-corrected chi connectivity index (χ1v) is 10.9. The van der Waals surface area contributed by atoms with Crippen molar-refractivity contribution in [1.29, 1.82) is 0 Å². The van der Waals surface area contributed by atoms with Gasteiger partial charge in [0.25, 0.3) is 11.8 Å². The van der Waals surface area contributed by atoms with E-state index in [0.29, 0.717) is 41.6 Å². The van der Waals surface area contributed by atoms with Gasteiger partial charge in [0.15, 0.2) is 11.5 Å². The zero-order chi connectivity index (χ0) is 21.8. The zero-order valence-electron chi connectivity index (χ0n) is 17.5. The van der Waals surface area contributed by atoms with Crippen LogP contribution < -0.4 is 14.8 Å². The molecular formula is C24H24N2O4S. The molecule has 3 aromatic rings. The van der Waals surface area contributed by atoms with Crippen molar-refractivity contribution in [3.05, 3.63) is 81.0 Å². The number of hydrogen-bond donors (Lipinski definition) is 1. The number of methoxy groups -OCH3 is 2. The number of nitrogens with zero attached hydrogens (tertiary/aromatic N) is 1. The molecule has 0 spiro atoms. The number of benzene rings is 2. The van der Waals surface area contributed by atoms with Crippen LogP contribution in [0.4, 0.5) is 0 Å². The average Bonchev–Trinajstić information content (AvgIpc) is 3.25. The number of amides is 2. The van der Waals surface area contributed by atoms with Crippen molar-refractivity contribution in [3.63, 3.8) is 0 Å². The van der Waals surface area contributed by atoms with Gasteiger partial charge in [-0.05, 0) is 36.2 Å². The summed E-state index contributed by atoms with van der Waals surface area (Å²) in [6.45, 7) is 1.51. The summed E-state index contributed by atoms with van der Waals surface area (Å²) in [7, 11) is 3.17. The van der Waals surface area contributed by atoms with E-state index in [2.05, 4.69) is 5.32 Å². The third-order valence-electron chi connectivity index (χ3n) is 5.32. The van der Waals surface area contributed by atoms with Crippen LogP contribution in [0.5, 0.6) is 11.5 Å². The monoisotopic (exact) mass is 436 g/mol. The highest BCUT2D eigenvalue weighted by Crippen LogP contribution is 2.31. The maximum atomic E-state index is 12.8. The van der Waals surface area contributed by atoms with Crippen LogP contribution >= 0.6 is 11.3 Å². The van der Waals surface area contributed by atoms with Gasteiger partial charge in [-0.1, -0.05) is 30.3 Å². The molecule has 0 aliphatic carbocycles. The van der Waals surface area contributed by atoms with Gasteiger partial charge in [-0.3, -0.25) is 9.59 Å². The van der Waals surface area contributed by atoms with Crippen molar-refractivity contribution in [2.24, 2.45) is 0 Å². The molecule has 2 amide bonds. The van der Waals surface area contributed by atoms with Crippen molar-refractivity contribution in [1.82, 2.24) is 10.2 Å². The lowest BCUT2D eigenvalue weighted by atomic mass is 10.1. The van der Waals surface area contributed by atoms with E-state index in [9.17, 15) is 9.59 Å². The molecule has 160 valence electrons. The van der Waals surface area contributed by atoms with Crippen LogP contribution in [-0.2, 0) is 19.5 Å². The number of nitrogens with one attached hydrogen (secondary N) is 1. The Hall–Kier alpha value is -3.32. The van der Waals surface area contributed by atoms with Crippen molar-refractivity contribution < 1.29 is 19.1 Å². The van der Waals surface area contributed by atoms with E-state index in [1.54, 1.807) is 14.2 Å². The predicted molar refractivity (Wildman–Crippen MR) is 120 cm³/mol. The second-order valence-corrected chi connectivity index (χ2v) is 8.37. The lowest BCUT2D eigenvalue weighted by molar-refractivity contribution is 0.0736. The first-order chi connectivity index (χ1) is 15.1. The third kappa shape index (κ3) is 4.41. The minimum atomic E-state index is -0.134. The van der Waals surface area contributed by atoms with E-state index in [1.165, 1.54) is 16.2 Å². The Balaban J connectivity index is 1.43. The molecule has 0 bridgehead atoms. The molecule has 1 aliphatic rings. The standard InChI is InChI=1S/C24H24N2O4S/c1-29-19-10-6-9-17(22(19)30-2)14-25-23(27)21-13-18-15-26(12-11-20(18)31-21)24(28)16-7-4-3-5-8-16/h3-10,13H,11-12,14-15H2,1-2H3,(H,25,27). The Kier molecular flexibility index (Phi) is 6.23. The molecule has 0 radical (unpaired) electrons. The molecule has 0 atom stereocenters. The maximum absolute atomic E-state index is 12.8. The number of carbonyl (C=O) groups excluding carboxylic acids is 2. The fraction of sp³-hybridized carbons (Fsp3) is 0.250. The summed E-state index contributed by atoms with van der Waals surface area (Å²) in [6.07, 6.45) is 0.759. The molecule has 1 N–H and O–H groups in total. The predicted octanol–water partition coefficient (Wildman–Crippen LogP) is 3.89. The van der Waals surface area contributed by atoms with Crippen molar-refractivity contribution in [2.45, 2.75) is 19.5 Å². The number of para-hydroxylation sites is 1. The van der Waals surface area contributed by atoms with E-state index in [-0.39, 0.29) is 11.8 Å². The molecule has 0 saturated heterocycles. The summed E-state index contributed by atoms with van der Waals surface area (Å²) in [6, 6.07) is 16.8. The lowest BCUT2D eigenvalue weighted by Crippen LogP contribution is -2.35. The molecule has 0 unspecified atom stereocenters. The van der Waals surface area contributed by atoms with Gasteiger partial charge >= 0.3 is 0 Å². The van der Waals surface area contributed by atoms with Crippen molar-refractivity contribution in [3.8, 4) is 11.5 Å². The number of hydrogen-bond acceptors (Lipinski definition) is 5. The Labute approximate surface area is 185 Å². The molecule has 0 saturated carbocycles. The highest BCUT2D eigenvalue weighted by atomic mass is 32.1. The Morgan fingerprint density at radius 3 is 2.61 bits per heavy atom. The van der Waals surface area contributed by atoms with Gasteiger partial charge in [-0.2, -0.15) is 0 Å². The van der Waals surface area contributed by atoms with Gasteiger partial charge in [-0.15, -0.1) is 11.3 Å². The molecule has 7 heteroatoms. The van der Waals surface area contributed by atoms with E-state index < -0.39 is 0 Å². The van der Waals surface area contributed by atoms with E-state index in [0.717, 1.165) is 17.5 Å². The van der Waals surface area contributed by atoms with Gasteiger partial charge in [0.2, 0.25) is 0 Å². The topological polar surface area (TPSA) is 67.9 Å². The highest BCUT2D eigenvalue weighted by Gasteiger charge is 2.25. The maximum Gasteiger partial charge on any atom is 0.261 e. The van der Waals surface area contributed by atoms with Crippen LogP contribution in [0.25, 0.3) is 0 Å². The van der Waals surface area contributed by atoms with Gasteiger partial charge < -0.3 is 19.7 Å². The van der Waals surface area contributed by atoms with Crippen LogP contribution in [0.2, 0.25) is 0 Å². The van der Waals surface area contributed by atoms with Crippen molar-refractivity contribution >= 4 is 23.2 Å². The largest absolute Gasteiger partial charge is 0.493 e. The summed E-state index contributed by atoms with van der Waals surface area (Å²) in [5.41, 5.74) is 2.58. The Morgan fingerprint density at radius 2 is 1.87 bits per heavy atom. The van der Waals surface area contributed by atoms with E-state index >= 15 is 0 Å². The molecule has 2 heterocycles. The van der Waals surface area contributed by atoms with Gasteiger partial charge in [0.1, 0.15) is 0 Å². The number of ether oxygens (including phenoxy) is 2. The number of thiophene rings is 1. The fourth-order valence-corrected chi connectivity index (χ4v) is 4.82. The van der Waals surface area contributed by atoms with Gasteiger partial charge in [-0.25, -0.2) is 0 Å². The van der Waals surface area contributed by atoms with Gasteiger partial charge in [0.05, 0.1) is 19.1 Å². The third-order valence-corrected chi connectivity index (χ3v) is 6.56. The molecule has 1 aromatic heterocycles. The molecule has 6 nitrogen and oxygen atoms in total. The molecular weight excluding hydrogens is 412 g/mol. The molecule has 1 aliphatic heterocycles. The van der Waals surface area contributed by atoms with Crippen LogP contribution in [0.15, 0.2) is 54.6 Å². The van der Waals surface area contributed by atoms with Crippen LogP contribution in [-0.4, -0.2) is 37.5 Å². The Morgan fingerprint density at radius 1 is 1.06 bits per heavy atom. The zero-order valence-corrected chi connectivity index (χ0v) is 18.3. The second kappa shape index (κ2) is 9.22. The summed E-state index contributed by atoms with van der Waals surface area (Å²) < 4.78 is 10.7. The minimum absolute atomic E-state index is 0.0218. The highest BCUT2D eigenvalue weighted by molar-refractivity contribution is 7.14. The van der Waals surface area contributed by atoms with Crippen LogP contribution in [0.3, 0.4) is 0 Å². The summed E-state index contributed by atoms with van der Waals surface area (Å²) >= 11 is 1.50. The average molecular weight is 437 g/mol. The normalized spacial score (nSPS) is 12.8. The molecule has 0 fully saturated rings. The van der Waals surface area contributed by atoms with Crippen LogP contribution in [0.1, 0.15) is 36.0 Å². The minimum Gasteiger partial charge on any atom is -0.493 e. The molecule has 4 rings (SSSR count). The van der Waals surface area contributed by atoms with Gasteiger partial charge in [0, 0.05) is 35.6 Å². The summed E-state index contributed by atoms with van der Waals surface area (Å²) in [4.78, 5) is 29.2. The summed E-state index contributed by atoms with van der Waals surface area (Å²) in [5.74, 6) is 1.13. The number of carbonyl (C=O) groups is 2. The van der Waals surface area contributed by atoms with E-state index in [4.69, 9.17) is 9.47 Å².